The molecule has 24 heavy (non-hydrogen) atoms. The van der Waals surface area contributed by atoms with Crippen LogP contribution in [-0.4, -0.2) is 30.3 Å². The van der Waals surface area contributed by atoms with E-state index in [2.05, 4.69) is 15.3 Å². The van der Waals surface area contributed by atoms with Crippen LogP contribution in [0.4, 0.5) is 15.9 Å². The number of aromatic nitrogens is 2. The highest BCUT2D eigenvalue weighted by molar-refractivity contribution is 6.31. The maximum Gasteiger partial charge on any atom is 0.165 e. The molecule has 0 aliphatic heterocycles. The third kappa shape index (κ3) is 3.55. The number of hydrogen-bond acceptors (Lipinski definition) is 5. The molecular formula is C17H15ClFN3O2. The van der Waals surface area contributed by atoms with Gasteiger partial charge in [0.15, 0.2) is 5.82 Å². The van der Waals surface area contributed by atoms with E-state index in [1.807, 2.05) is 6.07 Å². The Bertz CT molecular complexity index is 860. The number of anilines is 2. The second-order valence-corrected chi connectivity index (χ2v) is 5.38. The number of rotatable bonds is 6. The predicted octanol–water partition coefficient (Wildman–Crippen LogP) is 4.19. The summed E-state index contributed by atoms with van der Waals surface area (Å²) in [5, 5.41) is 3.75. The molecule has 3 aromatic rings. The van der Waals surface area contributed by atoms with Gasteiger partial charge in [-0.1, -0.05) is 17.7 Å². The first-order chi connectivity index (χ1) is 11.7. The van der Waals surface area contributed by atoms with Gasteiger partial charge < -0.3 is 14.8 Å². The highest BCUT2D eigenvalue weighted by atomic mass is 35.5. The number of nitrogens with one attached hydrogen (secondary N) is 1. The van der Waals surface area contributed by atoms with Crippen molar-refractivity contribution in [2.24, 2.45) is 0 Å². The van der Waals surface area contributed by atoms with Crippen molar-refractivity contribution in [1.29, 1.82) is 0 Å². The smallest absolute Gasteiger partial charge is 0.165 e. The standard InChI is InChI=1S/C17H15ClFN3O2/c1-23-7-8-24-11-5-6-12-15(9-11)20-10-21-17(12)22-14-4-2-3-13(18)16(14)19/h2-6,9-10H,7-8H2,1H3,(H,20,21,22). The number of fused-ring (bicyclic) bond motifs is 1. The average Bonchev–Trinajstić information content (AvgIpc) is 2.59. The van der Waals surface area contributed by atoms with Gasteiger partial charge in [0.2, 0.25) is 0 Å². The quantitative estimate of drug-likeness (QED) is 0.677. The molecule has 1 N–H and O–H groups in total. The second-order valence-electron chi connectivity index (χ2n) is 4.97. The lowest BCUT2D eigenvalue weighted by molar-refractivity contribution is 0.146. The Hall–Kier alpha value is -2.44. The minimum Gasteiger partial charge on any atom is -0.491 e. The van der Waals surface area contributed by atoms with Crippen molar-refractivity contribution in [2.45, 2.75) is 0 Å². The van der Waals surface area contributed by atoms with Crippen molar-refractivity contribution in [3.05, 3.63) is 53.6 Å². The molecule has 0 saturated heterocycles. The molecule has 0 aliphatic carbocycles. The zero-order chi connectivity index (χ0) is 16.9. The van der Waals surface area contributed by atoms with Gasteiger partial charge in [0.05, 0.1) is 22.8 Å². The maximum absolute atomic E-state index is 14.1. The fourth-order valence-electron chi connectivity index (χ4n) is 2.20. The van der Waals surface area contributed by atoms with Gasteiger partial charge in [0.25, 0.3) is 0 Å². The SMILES string of the molecule is COCCOc1ccc2c(Nc3cccc(Cl)c3F)ncnc2c1. The fourth-order valence-corrected chi connectivity index (χ4v) is 2.37. The molecule has 5 nitrogen and oxygen atoms in total. The van der Waals surface area contributed by atoms with Crippen molar-refractivity contribution >= 4 is 34.0 Å². The zero-order valence-electron chi connectivity index (χ0n) is 12.9. The summed E-state index contributed by atoms with van der Waals surface area (Å²) < 4.78 is 24.6. The van der Waals surface area contributed by atoms with Crippen LogP contribution < -0.4 is 10.1 Å². The van der Waals surface area contributed by atoms with E-state index in [1.54, 1.807) is 31.4 Å². The first-order valence-corrected chi connectivity index (χ1v) is 7.64. The lowest BCUT2D eigenvalue weighted by Crippen LogP contribution is -2.04. The molecule has 0 atom stereocenters. The van der Waals surface area contributed by atoms with Crippen molar-refractivity contribution in [3.63, 3.8) is 0 Å². The van der Waals surface area contributed by atoms with Crippen LogP contribution in [0, 0.1) is 5.82 Å². The van der Waals surface area contributed by atoms with E-state index in [-0.39, 0.29) is 10.7 Å². The van der Waals surface area contributed by atoms with Crippen molar-refractivity contribution in [2.75, 3.05) is 25.6 Å². The summed E-state index contributed by atoms with van der Waals surface area (Å²) in [6.45, 7) is 0.953. The summed E-state index contributed by atoms with van der Waals surface area (Å²) in [6.07, 6.45) is 1.41. The number of halogens is 2. The maximum atomic E-state index is 14.1. The lowest BCUT2D eigenvalue weighted by Gasteiger charge is -2.11. The van der Waals surface area contributed by atoms with Crippen molar-refractivity contribution in [3.8, 4) is 5.75 Å². The number of hydrogen-bond donors (Lipinski definition) is 1. The van der Waals surface area contributed by atoms with Crippen LogP contribution in [0.3, 0.4) is 0 Å². The molecule has 124 valence electrons. The Balaban J connectivity index is 1.90. The first kappa shape index (κ1) is 16.4. The van der Waals surface area contributed by atoms with Gasteiger partial charge in [-0.2, -0.15) is 0 Å². The fraction of sp³-hybridized carbons (Fsp3) is 0.176. The second kappa shape index (κ2) is 7.42. The Morgan fingerprint density at radius 2 is 2.04 bits per heavy atom. The molecule has 1 aromatic heterocycles. The van der Waals surface area contributed by atoms with Crippen LogP contribution in [0.25, 0.3) is 10.9 Å². The molecule has 0 saturated carbocycles. The van der Waals surface area contributed by atoms with E-state index in [9.17, 15) is 4.39 Å². The molecule has 0 fully saturated rings. The molecule has 0 spiro atoms. The number of methoxy groups -OCH3 is 1. The molecular weight excluding hydrogens is 333 g/mol. The normalized spacial score (nSPS) is 10.8. The molecule has 0 radical (unpaired) electrons. The van der Waals surface area contributed by atoms with E-state index >= 15 is 0 Å². The third-order valence-electron chi connectivity index (χ3n) is 3.37. The lowest BCUT2D eigenvalue weighted by atomic mass is 10.2. The summed E-state index contributed by atoms with van der Waals surface area (Å²) in [5.74, 6) is 0.646. The number of ether oxygens (including phenoxy) is 2. The summed E-state index contributed by atoms with van der Waals surface area (Å²) in [4.78, 5) is 8.42. The van der Waals surface area contributed by atoms with Crippen LogP contribution in [-0.2, 0) is 4.74 Å². The van der Waals surface area contributed by atoms with Gasteiger partial charge in [0.1, 0.15) is 24.5 Å². The number of nitrogens with zero attached hydrogens (tertiary/aromatic N) is 2. The number of benzene rings is 2. The monoisotopic (exact) mass is 347 g/mol. The summed E-state index contributed by atoms with van der Waals surface area (Å²) >= 11 is 5.81. The van der Waals surface area contributed by atoms with E-state index in [0.717, 1.165) is 5.39 Å². The molecule has 7 heteroatoms. The van der Waals surface area contributed by atoms with Crippen LogP contribution in [0.15, 0.2) is 42.7 Å². The van der Waals surface area contributed by atoms with Gasteiger partial charge in [-0.05, 0) is 24.3 Å². The van der Waals surface area contributed by atoms with Gasteiger partial charge in [-0.15, -0.1) is 0 Å². The predicted molar refractivity (Wildman–Crippen MR) is 91.6 cm³/mol. The highest BCUT2D eigenvalue weighted by Crippen LogP contribution is 2.29. The molecule has 0 amide bonds. The van der Waals surface area contributed by atoms with Gasteiger partial charge in [-0.25, -0.2) is 14.4 Å². The summed E-state index contributed by atoms with van der Waals surface area (Å²) in [5.41, 5.74) is 0.938. The molecule has 0 aliphatic rings. The van der Waals surface area contributed by atoms with Gasteiger partial charge in [-0.3, -0.25) is 0 Å². The van der Waals surface area contributed by atoms with Crippen LogP contribution >= 0.6 is 11.6 Å². The third-order valence-corrected chi connectivity index (χ3v) is 3.66. The van der Waals surface area contributed by atoms with E-state index in [4.69, 9.17) is 21.1 Å². The molecule has 2 aromatic carbocycles. The minimum absolute atomic E-state index is 0.0483. The zero-order valence-corrected chi connectivity index (χ0v) is 13.7. The van der Waals surface area contributed by atoms with Crippen molar-refractivity contribution in [1.82, 2.24) is 9.97 Å². The topological polar surface area (TPSA) is 56.3 Å². The van der Waals surface area contributed by atoms with E-state index < -0.39 is 5.82 Å². The average molecular weight is 348 g/mol. The van der Waals surface area contributed by atoms with Gasteiger partial charge in [0, 0.05) is 18.6 Å². The van der Waals surface area contributed by atoms with E-state index in [1.165, 1.54) is 12.4 Å². The molecule has 0 unspecified atom stereocenters. The summed E-state index contributed by atoms with van der Waals surface area (Å²) in [7, 11) is 1.61. The molecule has 3 rings (SSSR count). The van der Waals surface area contributed by atoms with Gasteiger partial charge >= 0.3 is 0 Å². The Labute approximate surface area is 143 Å². The largest absolute Gasteiger partial charge is 0.491 e. The summed E-state index contributed by atoms with van der Waals surface area (Å²) in [6, 6.07) is 10.2. The molecule has 0 bridgehead atoms. The first-order valence-electron chi connectivity index (χ1n) is 7.26. The molecule has 1 heterocycles. The van der Waals surface area contributed by atoms with Crippen LogP contribution in [0.5, 0.6) is 5.75 Å². The highest BCUT2D eigenvalue weighted by Gasteiger charge is 2.10. The Kier molecular flexibility index (Phi) is 5.08. The Morgan fingerprint density at radius 1 is 1.17 bits per heavy atom. The van der Waals surface area contributed by atoms with Crippen molar-refractivity contribution < 1.29 is 13.9 Å². The van der Waals surface area contributed by atoms with Crippen LogP contribution in [0.2, 0.25) is 5.02 Å². The van der Waals surface area contributed by atoms with E-state index in [0.29, 0.717) is 30.3 Å². The Morgan fingerprint density at radius 3 is 2.88 bits per heavy atom. The van der Waals surface area contributed by atoms with Crippen LogP contribution in [0.1, 0.15) is 0 Å². The minimum atomic E-state index is -0.523.